The number of carbonyl (C=O) groups is 3. The number of likely N-dealkylation sites (tertiary alicyclic amines) is 1. The zero-order valence-corrected chi connectivity index (χ0v) is 14.3. The zero-order valence-electron chi connectivity index (χ0n) is 14.3. The second kappa shape index (κ2) is 7.45. The van der Waals surface area contributed by atoms with Crippen LogP contribution in [-0.4, -0.2) is 70.3 Å². The van der Waals surface area contributed by atoms with Crippen LogP contribution < -0.4 is 15.1 Å². The van der Waals surface area contributed by atoms with Crippen LogP contribution in [0.1, 0.15) is 22.3 Å². The fourth-order valence-corrected chi connectivity index (χ4v) is 3.01. The van der Waals surface area contributed by atoms with E-state index in [1.807, 2.05) is 0 Å². The van der Waals surface area contributed by atoms with E-state index < -0.39 is 37.1 Å². The molecule has 10 nitrogen and oxygen atoms in total. The molecule has 2 aliphatic heterocycles. The Morgan fingerprint density at radius 2 is 2.04 bits per heavy atom. The van der Waals surface area contributed by atoms with Gasteiger partial charge >= 0.3 is 19.1 Å². The first-order valence-electron chi connectivity index (χ1n) is 8.43. The summed E-state index contributed by atoms with van der Waals surface area (Å²) in [6, 6.07) is 1.96. The van der Waals surface area contributed by atoms with Crippen LogP contribution in [0.3, 0.4) is 0 Å². The molecular formula is C16H19BN2O8. The average Bonchev–Trinajstić information content (AvgIpc) is 2.56. The molecule has 144 valence electrons. The predicted octanol–water partition coefficient (Wildman–Crippen LogP) is -0.808. The summed E-state index contributed by atoms with van der Waals surface area (Å²) in [6.45, 7) is 0.398. The summed E-state index contributed by atoms with van der Waals surface area (Å²) < 4.78 is 11.0. The number of carbonyl (C=O) groups excluding carboxylic acids is 1. The van der Waals surface area contributed by atoms with Crippen molar-refractivity contribution in [2.45, 2.75) is 31.3 Å². The molecule has 3 rings (SSSR count). The molecule has 5 N–H and O–H groups in total. The molecule has 1 fully saturated rings. The van der Waals surface area contributed by atoms with Gasteiger partial charge in [-0.2, -0.15) is 0 Å². The molecule has 0 aliphatic carbocycles. The molecule has 0 spiro atoms. The smallest absolute Gasteiger partial charge is 0.522 e. The van der Waals surface area contributed by atoms with Gasteiger partial charge in [0.1, 0.15) is 29.2 Å². The number of nitrogens with two attached hydrogens (primary N) is 1. The molecule has 0 saturated carbocycles. The molecule has 2 aliphatic rings. The molecular weight excluding hydrogens is 359 g/mol. The Morgan fingerprint density at radius 3 is 2.67 bits per heavy atom. The van der Waals surface area contributed by atoms with Gasteiger partial charge in [0.2, 0.25) is 5.91 Å². The van der Waals surface area contributed by atoms with Gasteiger partial charge in [-0.3, -0.25) is 9.59 Å². The fourth-order valence-electron chi connectivity index (χ4n) is 3.01. The van der Waals surface area contributed by atoms with Crippen LogP contribution in [-0.2, 0) is 16.0 Å². The fraction of sp³-hybridized carbons (Fsp3) is 0.438. The minimum Gasteiger partial charge on any atom is -0.535 e. The van der Waals surface area contributed by atoms with E-state index in [1.165, 1.54) is 11.0 Å². The highest BCUT2D eigenvalue weighted by molar-refractivity contribution is 6.44. The van der Waals surface area contributed by atoms with E-state index in [4.69, 9.17) is 20.2 Å². The van der Waals surface area contributed by atoms with Crippen molar-refractivity contribution in [2.24, 2.45) is 5.73 Å². The Kier molecular flexibility index (Phi) is 5.24. The van der Waals surface area contributed by atoms with Crippen molar-refractivity contribution < 1.29 is 39.0 Å². The van der Waals surface area contributed by atoms with E-state index in [1.54, 1.807) is 6.07 Å². The average molecular weight is 378 g/mol. The van der Waals surface area contributed by atoms with Crippen molar-refractivity contribution in [2.75, 3.05) is 13.1 Å². The van der Waals surface area contributed by atoms with Gasteiger partial charge in [-0.1, -0.05) is 6.07 Å². The van der Waals surface area contributed by atoms with E-state index in [2.05, 4.69) is 0 Å². The van der Waals surface area contributed by atoms with Gasteiger partial charge in [0.25, 0.3) is 0 Å². The molecule has 1 aromatic rings. The number of rotatable bonds is 6. The van der Waals surface area contributed by atoms with Crippen molar-refractivity contribution >= 4 is 25.0 Å². The number of aliphatic carboxylic acids is 1. The van der Waals surface area contributed by atoms with Crippen LogP contribution >= 0.6 is 0 Å². The van der Waals surface area contributed by atoms with E-state index in [0.29, 0.717) is 18.3 Å². The standard InChI is InChI=1S/C16H19BN2O8/c18-10(15(21)22)5-12(20)19-6-9(7-19)26-11-2-1-8-3-4-17(25)27-14(8)13(11)16(23)24/h1-2,9-10,25H,3-7,18H2,(H,21,22)(H,23,24)/t10-/m1/s1. The maximum absolute atomic E-state index is 11.9. The number of ether oxygens (including phenoxy) is 1. The Morgan fingerprint density at radius 1 is 1.33 bits per heavy atom. The summed E-state index contributed by atoms with van der Waals surface area (Å²) in [5.74, 6) is -2.71. The number of nitrogens with zero attached hydrogens (tertiary/aromatic N) is 1. The summed E-state index contributed by atoms with van der Waals surface area (Å²) in [4.78, 5) is 35.7. The summed E-state index contributed by atoms with van der Waals surface area (Å²) in [7, 11) is -1.07. The highest BCUT2D eigenvalue weighted by atomic mass is 16.5. The number of hydrogen-bond acceptors (Lipinski definition) is 7. The molecule has 27 heavy (non-hydrogen) atoms. The minimum atomic E-state index is -1.26. The number of amides is 1. The molecule has 1 atom stereocenters. The number of aromatic carboxylic acids is 1. The van der Waals surface area contributed by atoms with E-state index in [9.17, 15) is 24.5 Å². The molecule has 0 radical (unpaired) electrons. The summed E-state index contributed by atoms with van der Waals surface area (Å²) in [6.07, 6.45) is 0.129. The Hall–Kier alpha value is -2.79. The normalized spacial score (nSPS) is 17.4. The lowest BCUT2D eigenvalue weighted by molar-refractivity contribution is -0.146. The van der Waals surface area contributed by atoms with Gasteiger partial charge < -0.3 is 35.3 Å². The second-order valence-corrected chi connectivity index (χ2v) is 6.53. The molecule has 0 unspecified atom stereocenters. The SMILES string of the molecule is N[C@H](CC(=O)N1CC(Oc2ccc3c(c2C(=O)O)OB(O)CC3)C1)C(=O)O. The maximum Gasteiger partial charge on any atom is 0.522 e. The zero-order chi connectivity index (χ0) is 19.7. The maximum atomic E-state index is 11.9. The van der Waals surface area contributed by atoms with Crippen molar-refractivity contribution in [3.63, 3.8) is 0 Å². The molecule has 0 bridgehead atoms. The predicted molar refractivity (Wildman–Crippen MR) is 91.7 cm³/mol. The number of carboxylic acids is 2. The van der Waals surface area contributed by atoms with E-state index >= 15 is 0 Å². The summed E-state index contributed by atoms with van der Waals surface area (Å²) in [5.41, 5.74) is 5.86. The lowest BCUT2D eigenvalue weighted by Crippen LogP contribution is -2.57. The molecule has 0 aromatic heterocycles. The molecule has 2 heterocycles. The van der Waals surface area contributed by atoms with E-state index in [-0.39, 0.29) is 36.6 Å². The summed E-state index contributed by atoms with van der Waals surface area (Å²) in [5, 5.41) is 27.9. The van der Waals surface area contributed by atoms with Crippen molar-refractivity contribution in [3.8, 4) is 11.5 Å². The highest BCUT2D eigenvalue weighted by Crippen LogP contribution is 2.37. The monoisotopic (exact) mass is 378 g/mol. The first kappa shape index (κ1) is 19.0. The second-order valence-electron chi connectivity index (χ2n) is 6.53. The van der Waals surface area contributed by atoms with Crippen LogP contribution in [0, 0.1) is 0 Å². The van der Waals surface area contributed by atoms with Crippen molar-refractivity contribution in [1.29, 1.82) is 0 Å². The molecule has 1 saturated heterocycles. The molecule has 11 heteroatoms. The molecule has 1 aromatic carbocycles. The first-order chi connectivity index (χ1) is 12.8. The van der Waals surface area contributed by atoms with Gasteiger partial charge in [-0.25, -0.2) is 4.79 Å². The van der Waals surface area contributed by atoms with Crippen LogP contribution in [0.2, 0.25) is 6.32 Å². The highest BCUT2D eigenvalue weighted by Gasteiger charge is 2.36. The van der Waals surface area contributed by atoms with Crippen molar-refractivity contribution in [3.05, 3.63) is 23.3 Å². The third-order valence-electron chi connectivity index (χ3n) is 4.54. The lowest BCUT2D eigenvalue weighted by Gasteiger charge is -2.39. The lowest BCUT2D eigenvalue weighted by atomic mass is 9.78. The number of fused-ring (bicyclic) bond motifs is 1. The van der Waals surface area contributed by atoms with Crippen LogP contribution in [0.25, 0.3) is 0 Å². The largest absolute Gasteiger partial charge is 0.535 e. The Balaban J connectivity index is 1.66. The topological polar surface area (TPSA) is 160 Å². The van der Waals surface area contributed by atoms with Crippen LogP contribution in [0.5, 0.6) is 11.5 Å². The molecule has 1 amide bonds. The number of benzene rings is 1. The number of carboxylic acid groups (broad SMARTS) is 2. The third-order valence-corrected chi connectivity index (χ3v) is 4.54. The van der Waals surface area contributed by atoms with Gasteiger partial charge in [-0.15, -0.1) is 0 Å². The van der Waals surface area contributed by atoms with Gasteiger partial charge in [0.15, 0.2) is 0 Å². The number of hydrogen-bond donors (Lipinski definition) is 4. The minimum absolute atomic E-state index is 0.0923. The third kappa shape index (κ3) is 3.98. The van der Waals surface area contributed by atoms with Gasteiger partial charge in [0.05, 0.1) is 19.5 Å². The Labute approximate surface area is 154 Å². The van der Waals surface area contributed by atoms with Crippen LogP contribution in [0.4, 0.5) is 0 Å². The van der Waals surface area contributed by atoms with Gasteiger partial charge in [-0.05, 0) is 24.4 Å². The summed E-state index contributed by atoms with van der Waals surface area (Å²) >= 11 is 0. The Bertz CT molecular complexity index is 780. The number of aryl methyl sites for hydroxylation is 1. The quantitative estimate of drug-likeness (QED) is 0.464. The first-order valence-corrected chi connectivity index (χ1v) is 8.43. The van der Waals surface area contributed by atoms with Crippen LogP contribution in [0.15, 0.2) is 12.1 Å². The van der Waals surface area contributed by atoms with Crippen molar-refractivity contribution in [1.82, 2.24) is 4.90 Å². The van der Waals surface area contributed by atoms with E-state index in [0.717, 1.165) is 0 Å². The van der Waals surface area contributed by atoms with Gasteiger partial charge in [0, 0.05) is 0 Å².